The van der Waals surface area contributed by atoms with E-state index in [0.29, 0.717) is 12.2 Å². The van der Waals surface area contributed by atoms with Crippen LogP contribution in [-0.4, -0.2) is 50.2 Å². The molecule has 0 aliphatic carbocycles. The van der Waals surface area contributed by atoms with Crippen molar-refractivity contribution in [1.29, 1.82) is 0 Å². The van der Waals surface area contributed by atoms with Crippen LogP contribution in [0.4, 0.5) is 18.9 Å². The molecule has 0 atom stereocenters. The third kappa shape index (κ3) is 7.56. The van der Waals surface area contributed by atoms with Crippen molar-refractivity contribution < 1.29 is 22.7 Å². The Hall–Kier alpha value is -2.13. The Kier molecular flexibility index (Phi) is 8.71. The van der Waals surface area contributed by atoms with Gasteiger partial charge >= 0.3 is 12.1 Å². The van der Waals surface area contributed by atoms with Gasteiger partial charge in [-0.05, 0) is 52.2 Å². The molecule has 0 aliphatic heterocycles. The zero-order chi connectivity index (χ0) is 20.6. The van der Waals surface area contributed by atoms with E-state index in [2.05, 4.69) is 10.6 Å². The van der Waals surface area contributed by atoms with Gasteiger partial charge in [-0.1, -0.05) is 18.3 Å². The number of hydrogen-bond acceptors (Lipinski definition) is 5. The van der Waals surface area contributed by atoms with Crippen LogP contribution >= 0.6 is 12.2 Å². The number of nitrogens with zero attached hydrogens (tertiary/aromatic N) is 1. The lowest BCUT2D eigenvalue weighted by molar-refractivity contribution is -0.137. The van der Waals surface area contributed by atoms with E-state index in [1.54, 1.807) is 6.92 Å². The third-order valence-electron chi connectivity index (χ3n) is 3.61. The van der Waals surface area contributed by atoms with Crippen molar-refractivity contribution in [3.63, 3.8) is 0 Å². The molecule has 0 fully saturated rings. The Bertz CT molecular complexity index is 703. The average molecular weight is 403 g/mol. The van der Waals surface area contributed by atoms with Crippen molar-refractivity contribution in [1.82, 2.24) is 10.2 Å². The first-order valence-corrected chi connectivity index (χ1v) is 8.63. The van der Waals surface area contributed by atoms with Gasteiger partial charge in [0.25, 0.3) is 0 Å². The highest BCUT2D eigenvalue weighted by atomic mass is 32.1. The van der Waals surface area contributed by atoms with Gasteiger partial charge in [-0.3, -0.25) is 0 Å². The van der Waals surface area contributed by atoms with Gasteiger partial charge in [0.2, 0.25) is 0 Å². The van der Waals surface area contributed by atoms with E-state index in [0.717, 1.165) is 25.1 Å². The molecule has 0 bridgehead atoms. The standard InChI is InChI=1S/C18H24F3N3O2S/c1-12(22-9-6-10-24(2)3)15(17(25)26-4)16(27)23-14-8-5-7-13(11-14)18(19,20)21/h5,7-8,11,22H,6,9-10H2,1-4H3,(H,23,27). The Morgan fingerprint density at radius 2 is 1.96 bits per heavy atom. The maximum atomic E-state index is 12.8. The van der Waals surface area contributed by atoms with Crippen molar-refractivity contribution in [2.75, 3.05) is 39.6 Å². The molecule has 150 valence electrons. The molecular weight excluding hydrogens is 379 g/mol. The number of anilines is 1. The van der Waals surface area contributed by atoms with Crippen LogP contribution in [0.3, 0.4) is 0 Å². The van der Waals surface area contributed by atoms with Gasteiger partial charge in [0.15, 0.2) is 0 Å². The molecule has 2 N–H and O–H groups in total. The number of halogens is 3. The van der Waals surface area contributed by atoms with E-state index in [1.165, 1.54) is 19.2 Å². The predicted octanol–water partition coefficient (Wildman–Crippen LogP) is 3.43. The number of nitrogens with one attached hydrogen (secondary N) is 2. The van der Waals surface area contributed by atoms with E-state index in [4.69, 9.17) is 17.0 Å². The van der Waals surface area contributed by atoms with Gasteiger partial charge in [-0.15, -0.1) is 0 Å². The van der Waals surface area contributed by atoms with Gasteiger partial charge in [0.1, 0.15) is 10.6 Å². The summed E-state index contributed by atoms with van der Waals surface area (Å²) in [6, 6.07) is 4.60. The normalized spacial score (nSPS) is 12.4. The lowest BCUT2D eigenvalue weighted by atomic mass is 10.1. The van der Waals surface area contributed by atoms with Crippen molar-refractivity contribution in [2.45, 2.75) is 19.5 Å². The summed E-state index contributed by atoms with van der Waals surface area (Å²) in [6.07, 6.45) is -3.63. The first kappa shape index (κ1) is 22.9. The van der Waals surface area contributed by atoms with Crippen LogP contribution in [0.25, 0.3) is 0 Å². The summed E-state index contributed by atoms with van der Waals surface area (Å²) in [5.74, 6) is -0.669. The van der Waals surface area contributed by atoms with Gasteiger partial charge in [-0.2, -0.15) is 13.2 Å². The molecule has 0 amide bonds. The number of allylic oxidation sites excluding steroid dienone is 1. The summed E-state index contributed by atoms with van der Waals surface area (Å²) in [4.78, 5) is 14.1. The van der Waals surface area contributed by atoms with Gasteiger partial charge in [0.05, 0.1) is 12.7 Å². The third-order valence-corrected chi connectivity index (χ3v) is 3.92. The maximum absolute atomic E-state index is 12.8. The van der Waals surface area contributed by atoms with E-state index in [-0.39, 0.29) is 16.2 Å². The molecule has 0 spiro atoms. The largest absolute Gasteiger partial charge is 0.465 e. The van der Waals surface area contributed by atoms with Crippen molar-refractivity contribution in [3.8, 4) is 0 Å². The number of esters is 1. The second-order valence-electron chi connectivity index (χ2n) is 6.11. The van der Waals surface area contributed by atoms with Gasteiger partial charge in [-0.25, -0.2) is 4.79 Å². The Morgan fingerprint density at radius 1 is 1.30 bits per heavy atom. The van der Waals surface area contributed by atoms with Crippen molar-refractivity contribution >= 4 is 28.9 Å². The molecule has 0 aliphatic rings. The molecule has 0 heterocycles. The first-order valence-electron chi connectivity index (χ1n) is 8.22. The highest BCUT2D eigenvalue weighted by Gasteiger charge is 2.30. The first-order chi connectivity index (χ1) is 12.6. The molecule has 0 saturated heterocycles. The molecule has 1 aromatic rings. The number of methoxy groups -OCH3 is 1. The number of alkyl halides is 3. The monoisotopic (exact) mass is 403 g/mol. The van der Waals surface area contributed by atoms with E-state index in [1.807, 2.05) is 19.0 Å². The molecular formula is C18H24F3N3O2S. The SMILES string of the molecule is COC(=O)C(C(=S)Nc1cccc(C(F)(F)F)c1)=C(C)NCCCN(C)C. The van der Waals surface area contributed by atoms with Gasteiger partial charge < -0.3 is 20.3 Å². The summed E-state index contributed by atoms with van der Waals surface area (Å²) >= 11 is 5.23. The summed E-state index contributed by atoms with van der Waals surface area (Å²) in [6.45, 7) is 3.14. The van der Waals surface area contributed by atoms with Crippen LogP contribution < -0.4 is 10.6 Å². The molecule has 5 nitrogen and oxygen atoms in total. The lowest BCUT2D eigenvalue weighted by Gasteiger charge is -2.16. The maximum Gasteiger partial charge on any atom is 0.416 e. The number of hydrogen-bond donors (Lipinski definition) is 2. The Labute approximate surface area is 162 Å². The van der Waals surface area contributed by atoms with E-state index in [9.17, 15) is 18.0 Å². The molecule has 0 saturated carbocycles. The zero-order valence-corrected chi connectivity index (χ0v) is 16.6. The number of benzene rings is 1. The molecule has 9 heteroatoms. The zero-order valence-electron chi connectivity index (χ0n) is 15.7. The second-order valence-corrected chi connectivity index (χ2v) is 6.52. The molecule has 1 rings (SSSR count). The quantitative estimate of drug-likeness (QED) is 0.300. The summed E-state index contributed by atoms with van der Waals surface area (Å²) in [5, 5.41) is 5.78. The fourth-order valence-electron chi connectivity index (χ4n) is 2.24. The number of ether oxygens (including phenoxy) is 1. The number of carbonyl (C=O) groups is 1. The minimum absolute atomic E-state index is 0.0150. The number of rotatable bonds is 8. The number of carbonyl (C=O) groups excluding carboxylic acids is 1. The minimum Gasteiger partial charge on any atom is -0.465 e. The number of thiocarbonyl (C=S) groups is 1. The molecule has 27 heavy (non-hydrogen) atoms. The Morgan fingerprint density at radius 3 is 2.52 bits per heavy atom. The van der Waals surface area contributed by atoms with Crippen molar-refractivity contribution in [3.05, 3.63) is 41.1 Å². The minimum atomic E-state index is -4.47. The lowest BCUT2D eigenvalue weighted by Crippen LogP contribution is -2.27. The van der Waals surface area contributed by atoms with Crippen LogP contribution in [0.5, 0.6) is 0 Å². The topological polar surface area (TPSA) is 53.6 Å². The molecule has 0 unspecified atom stereocenters. The summed E-state index contributed by atoms with van der Waals surface area (Å²) in [7, 11) is 5.13. The van der Waals surface area contributed by atoms with E-state index < -0.39 is 17.7 Å². The van der Waals surface area contributed by atoms with Crippen LogP contribution in [0.2, 0.25) is 0 Å². The fraction of sp³-hybridized carbons (Fsp3) is 0.444. The molecule has 0 aromatic heterocycles. The Balaban J connectivity index is 2.95. The van der Waals surface area contributed by atoms with Crippen molar-refractivity contribution in [2.24, 2.45) is 0 Å². The summed E-state index contributed by atoms with van der Waals surface area (Å²) < 4.78 is 43.3. The van der Waals surface area contributed by atoms with Crippen LogP contribution in [0.1, 0.15) is 18.9 Å². The fourth-order valence-corrected chi connectivity index (χ4v) is 2.60. The smallest absolute Gasteiger partial charge is 0.416 e. The molecule has 0 radical (unpaired) electrons. The van der Waals surface area contributed by atoms with E-state index >= 15 is 0 Å². The highest BCUT2D eigenvalue weighted by molar-refractivity contribution is 7.81. The van der Waals surface area contributed by atoms with Gasteiger partial charge in [0, 0.05) is 17.9 Å². The molecule has 1 aromatic carbocycles. The van der Waals surface area contributed by atoms with Crippen LogP contribution in [0.15, 0.2) is 35.5 Å². The van der Waals surface area contributed by atoms with Crippen LogP contribution in [-0.2, 0) is 15.7 Å². The second kappa shape index (κ2) is 10.3. The predicted molar refractivity (Wildman–Crippen MR) is 104 cm³/mol. The van der Waals surface area contributed by atoms with Crippen LogP contribution in [0, 0.1) is 0 Å². The highest BCUT2D eigenvalue weighted by Crippen LogP contribution is 2.30. The summed E-state index contributed by atoms with van der Waals surface area (Å²) in [5.41, 5.74) is -0.103. The average Bonchev–Trinajstić information content (AvgIpc) is 2.58.